The molecule has 1 saturated heterocycles. The third-order valence-electron chi connectivity index (χ3n) is 4.79. The van der Waals surface area contributed by atoms with Crippen LogP contribution in [0, 0.1) is 0 Å². The predicted octanol–water partition coefficient (Wildman–Crippen LogP) is 3.31. The number of nitrogens with zero attached hydrogens (tertiary/aromatic N) is 3. The van der Waals surface area contributed by atoms with Crippen molar-refractivity contribution in [2.24, 2.45) is 4.99 Å². The van der Waals surface area contributed by atoms with Crippen LogP contribution in [0.3, 0.4) is 0 Å². The molecule has 5 nitrogen and oxygen atoms in total. The Morgan fingerprint density at radius 2 is 1.81 bits per heavy atom. The first-order valence-electron chi connectivity index (χ1n) is 9.19. The highest BCUT2D eigenvalue weighted by molar-refractivity contribution is 14.0. The Morgan fingerprint density at radius 3 is 2.44 bits per heavy atom. The Morgan fingerprint density at radius 1 is 1.11 bits per heavy atom. The summed E-state index contributed by atoms with van der Waals surface area (Å²) in [5.41, 5.74) is 3.75. The Bertz CT molecular complexity index is 715. The Hall–Kier alpha value is -1.96. The second kappa shape index (κ2) is 10.4. The van der Waals surface area contributed by atoms with Crippen molar-refractivity contribution in [3.8, 4) is 0 Å². The number of benzene rings is 2. The van der Waals surface area contributed by atoms with Crippen LogP contribution in [0.1, 0.15) is 12.0 Å². The molecule has 6 heteroatoms. The fraction of sp³-hybridized carbons (Fsp3) is 0.381. The second-order valence-electron chi connectivity index (χ2n) is 6.90. The number of anilines is 2. The van der Waals surface area contributed by atoms with E-state index >= 15 is 0 Å². The highest BCUT2D eigenvalue weighted by Crippen LogP contribution is 2.19. The molecule has 2 N–H and O–H groups in total. The summed E-state index contributed by atoms with van der Waals surface area (Å²) in [7, 11) is 5.94. The SMILES string of the molecule is CN=C(NCc1ccc(N(C)C)cc1)NC1CCN(c2ccccc2)C1.I. The zero-order valence-corrected chi connectivity index (χ0v) is 18.7. The van der Waals surface area contributed by atoms with E-state index in [1.807, 2.05) is 7.05 Å². The van der Waals surface area contributed by atoms with E-state index in [1.165, 1.54) is 16.9 Å². The van der Waals surface area contributed by atoms with Gasteiger partial charge in [0.1, 0.15) is 0 Å². The highest BCUT2D eigenvalue weighted by Gasteiger charge is 2.23. The molecule has 1 unspecified atom stereocenters. The van der Waals surface area contributed by atoms with Crippen LogP contribution in [0.2, 0.25) is 0 Å². The zero-order chi connectivity index (χ0) is 18.4. The molecule has 1 aliphatic rings. The van der Waals surface area contributed by atoms with Crippen LogP contribution in [0.25, 0.3) is 0 Å². The lowest BCUT2D eigenvalue weighted by Gasteiger charge is -2.20. The summed E-state index contributed by atoms with van der Waals surface area (Å²) in [5, 5.41) is 6.98. The van der Waals surface area contributed by atoms with Gasteiger partial charge in [-0.25, -0.2) is 0 Å². The average molecular weight is 479 g/mol. The molecular formula is C21H30IN5. The molecule has 1 heterocycles. The second-order valence-corrected chi connectivity index (χ2v) is 6.90. The number of halogens is 1. The topological polar surface area (TPSA) is 42.9 Å². The molecule has 0 amide bonds. The number of para-hydroxylation sites is 1. The van der Waals surface area contributed by atoms with Crippen LogP contribution in [-0.2, 0) is 6.54 Å². The lowest BCUT2D eigenvalue weighted by molar-refractivity contribution is 0.648. The first-order valence-corrected chi connectivity index (χ1v) is 9.19. The van der Waals surface area contributed by atoms with E-state index in [-0.39, 0.29) is 24.0 Å². The Kier molecular flexibility index (Phi) is 8.22. The third-order valence-corrected chi connectivity index (χ3v) is 4.79. The molecule has 0 aromatic heterocycles. The van der Waals surface area contributed by atoms with Crippen LogP contribution in [-0.4, -0.2) is 46.2 Å². The van der Waals surface area contributed by atoms with Crippen LogP contribution in [0.4, 0.5) is 11.4 Å². The van der Waals surface area contributed by atoms with E-state index in [1.54, 1.807) is 0 Å². The summed E-state index contributed by atoms with van der Waals surface area (Å²) in [6.07, 6.45) is 1.12. The van der Waals surface area contributed by atoms with Gasteiger partial charge in [0.2, 0.25) is 0 Å². The molecule has 0 spiro atoms. The molecule has 0 bridgehead atoms. The van der Waals surface area contributed by atoms with Gasteiger partial charge < -0.3 is 20.4 Å². The minimum absolute atomic E-state index is 0. The van der Waals surface area contributed by atoms with Gasteiger partial charge in [-0.15, -0.1) is 24.0 Å². The predicted molar refractivity (Wildman–Crippen MR) is 127 cm³/mol. The summed E-state index contributed by atoms with van der Waals surface area (Å²) >= 11 is 0. The van der Waals surface area contributed by atoms with Gasteiger partial charge in [0.25, 0.3) is 0 Å². The first kappa shape index (κ1) is 21.3. The van der Waals surface area contributed by atoms with E-state index < -0.39 is 0 Å². The summed E-state index contributed by atoms with van der Waals surface area (Å²) < 4.78 is 0. The van der Waals surface area contributed by atoms with E-state index in [9.17, 15) is 0 Å². The molecular weight excluding hydrogens is 449 g/mol. The Labute approximate surface area is 179 Å². The van der Waals surface area contributed by atoms with Gasteiger partial charge in [-0.2, -0.15) is 0 Å². The summed E-state index contributed by atoms with van der Waals surface area (Å²) in [5.74, 6) is 0.863. The normalized spacial score (nSPS) is 16.6. The van der Waals surface area contributed by atoms with E-state index in [4.69, 9.17) is 0 Å². The maximum absolute atomic E-state index is 4.38. The molecule has 27 heavy (non-hydrogen) atoms. The fourth-order valence-corrected chi connectivity index (χ4v) is 3.24. The number of hydrogen-bond donors (Lipinski definition) is 2. The maximum Gasteiger partial charge on any atom is 0.191 e. The molecule has 3 rings (SSSR count). The number of aliphatic imine (C=N–C) groups is 1. The molecule has 146 valence electrons. The van der Waals surface area contributed by atoms with Crippen LogP contribution in [0.5, 0.6) is 0 Å². The molecule has 1 aliphatic heterocycles. The number of nitrogens with one attached hydrogen (secondary N) is 2. The molecule has 2 aromatic carbocycles. The largest absolute Gasteiger partial charge is 0.378 e. The van der Waals surface area contributed by atoms with Crippen molar-refractivity contribution in [2.45, 2.75) is 19.0 Å². The van der Waals surface area contributed by atoms with E-state index in [2.05, 4.69) is 94.1 Å². The monoisotopic (exact) mass is 479 g/mol. The van der Waals surface area contributed by atoms with Crippen LogP contribution in [0.15, 0.2) is 59.6 Å². The zero-order valence-electron chi connectivity index (χ0n) is 16.4. The summed E-state index contributed by atoms with van der Waals surface area (Å²) in [6.45, 7) is 2.84. The standard InChI is InChI=1S/C21H29N5.HI/c1-22-21(23-15-17-9-11-19(12-10-17)25(2)3)24-18-13-14-26(16-18)20-7-5-4-6-8-20;/h4-12,18H,13-16H2,1-3H3,(H2,22,23,24);1H. The van der Waals surface area contributed by atoms with Gasteiger partial charge in [0.15, 0.2) is 5.96 Å². The number of guanidine groups is 1. The van der Waals surface area contributed by atoms with Crippen molar-refractivity contribution in [2.75, 3.05) is 44.0 Å². The highest BCUT2D eigenvalue weighted by atomic mass is 127. The lowest BCUT2D eigenvalue weighted by Crippen LogP contribution is -2.44. The van der Waals surface area contributed by atoms with Crippen molar-refractivity contribution in [1.29, 1.82) is 0 Å². The number of rotatable bonds is 5. The number of hydrogen-bond acceptors (Lipinski definition) is 3. The Balaban J connectivity index is 0.00000261. The van der Waals surface area contributed by atoms with E-state index in [0.717, 1.165) is 32.0 Å². The molecule has 1 fully saturated rings. The quantitative estimate of drug-likeness (QED) is 0.393. The molecule has 0 aliphatic carbocycles. The van der Waals surface area contributed by atoms with Crippen molar-refractivity contribution in [3.63, 3.8) is 0 Å². The third kappa shape index (κ3) is 6.02. The van der Waals surface area contributed by atoms with Gasteiger partial charge in [-0.05, 0) is 36.2 Å². The van der Waals surface area contributed by atoms with Gasteiger partial charge in [0.05, 0.1) is 0 Å². The lowest BCUT2D eigenvalue weighted by atomic mass is 10.2. The summed E-state index contributed by atoms with van der Waals surface area (Å²) in [4.78, 5) is 8.91. The van der Waals surface area contributed by atoms with Crippen molar-refractivity contribution in [3.05, 3.63) is 60.2 Å². The van der Waals surface area contributed by atoms with E-state index in [0.29, 0.717) is 6.04 Å². The molecule has 1 atom stereocenters. The van der Waals surface area contributed by atoms with Gasteiger partial charge in [0, 0.05) is 58.2 Å². The van der Waals surface area contributed by atoms with Gasteiger partial charge >= 0.3 is 0 Å². The van der Waals surface area contributed by atoms with Crippen molar-refractivity contribution < 1.29 is 0 Å². The summed E-state index contributed by atoms with van der Waals surface area (Å²) in [6, 6.07) is 19.6. The van der Waals surface area contributed by atoms with Gasteiger partial charge in [-0.3, -0.25) is 4.99 Å². The molecule has 0 radical (unpaired) electrons. The molecule has 2 aromatic rings. The minimum Gasteiger partial charge on any atom is -0.378 e. The average Bonchev–Trinajstić information content (AvgIpc) is 3.14. The maximum atomic E-state index is 4.38. The molecule has 0 saturated carbocycles. The van der Waals surface area contributed by atoms with Crippen molar-refractivity contribution in [1.82, 2.24) is 10.6 Å². The fourth-order valence-electron chi connectivity index (χ4n) is 3.24. The van der Waals surface area contributed by atoms with Crippen LogP contribution >= 0.6 is 24.0 Å². The van der Waals surface area contributed by atoms with Crippen LogP contribution < -0.4 is 20.4 Å². The smallest absolute Gasteiger partial charge is 0.191 e. The van der Waals surface area contributed by atoms with Gasteiger partial charge in [-0.1, -0.05) is 30.3 Å². The minimum atomic E-state index is 0. The first-order chi connectivity index (χ1) is 12.7. The van der Waals surface area contributed by atoms with Crippen molar-refractivity contribution >= 4 is 41.3 Å².